The minimum Gasteiger partial charge on any atom is -0.487 e. The molecule has 1 aromatic carbocycles. The number of aromatic nitrogens is 2. The largest absolute Gasteiger partial charge is 0.487 e. The van der Waals surface area contributed by atoms with Gasteiger partial charge >= 0.3 is 0 Å². The van der Waals surface area contributed by atoms with E-state index in [1.807, 2.05) is 19.1 Å². The Hall–Kier alpha value is -2.14. The van der Waals surface area contributed by atoms with E-state index in [1.54, 1.807) is 0 Å². The SMILES string of the molecule is Cc1nc2c(c(NCC[C@H]3CCCCO3)n1)Cc1ccccc1OC2. The monoisotopic (exact) mass is 339 g/mol. The fourth-order valence-corrected chi connectivity index (χ4v) is 3.62. The number of rotatable bonds is 4. The fourth-order valence-electron chi connectivity index (χ4n) is 3.62. The lowest BCUT2D eigenvalue weighted by Gasteiger charge is -2.23. The van der Waals surface area contributed by atoms with Gasteiger partial charge in [-0.25, -0.2) is 9.97 Å². The van der Waals surface area contributed by atoms with E-state index in [9.17, 15) is 0 Å². The minimum absolute atomic E-state index is 0.381. The summed E-state index contributed by atoms with van der Waals surface area (Å²) in [6, 6.07) is 8.20. The molecule has 0 unspecified atom stereocenters. The van der Waals surface area contributed by atoms with Gasteiger partial charge in [0.1, 0.15) is 24.0 Å². The Bertz CT molecular complexity index is 742. The third-order valence-electron chi connectivity index (χ3n) is 4.94. The van der Waals surface area contributed by atoms with E-state index in [1.165, 1.54) is 24.8 Å². The molecule has 0 amide bonds. The van der Waals surface area contributed by atoms with Gasteiger partial charge in [-0.05, 0) is 44.2 Å². The number of ether oxygens (including phenoxy) is 2. The number of hydrogen-bond acceptors (Lipinski definition) is 5. The predicted octanol–water partition coefficient (Wildman–Crippen LogP) is 3.64. The first kappa shape index (κ1) is 16.3. The molecule has 2 aliphatic heterocycles. The van der Waals surface area contributed by atoms with Gasteiger partial charge in [0.05, 0.1) is 11.8 Å². The summed E-state index contributed by atoms with van der Waals surface area (Å²) in [7, 11) is 0. The molecule has 0 bridgehead atoms. The Labute approximate surface area is 148 Å². The van der Waals surface area contributed by atoms with Gasteiger partial charge in [0, 0.05) is 25.1 Å². The topological polar surface area (TPSA) is 56.3 Å². The number of nitrogens with zero attached hydrogens (tertiary/aromatic N) is 2. The summed E-state index contributed by atoms with van der Waals surface area (Å²) in [5.74, 6) is 2.67. The lowest BCUT2D eigenvalue weighted by molar-refractivity contribution is 0.0134. The summed E-state index contributed by atoms with van der Waals surface area (Å²) in [6.45, 7) is 4.21. The Morgan fingerprint density at radius 1 is 1.20 bits per heavy atom. The maximum absolute atomic E-state index is 5.95. The second kappa shape index (κ2) is 7.40. The van der Waals surface area contributed by atoms with Gasteiger partial charge in [-0.3, -0.25) is 0 Å². The molecule has 0 aliphatic carbocycles. The van der Waals surface area contributed by atoms with Crippen LogP contribution in [0.15, 0.2) is 24.3 Å². The van der Waals surface area contributed by atoms with Crippen molar-refractivity contribution in [3.63, 3.8) is 0 Å². The van der Waals surface area contributed by atoms with E-state index in [2.05, 4.69) is 27.4 Å². The van der Waals surface area contributed by atoms with E-state index in [4.69, 9.17) is 9.47 Å². The Morgan fingerprint density at radius 3 is 3.00 bits per heavy atom. The Balaban J connectivity index is 1.51. The highest BCUT2D eigenvalue weighted by Crippen LogP contribution is 2.30. The van der Waals surface area contributed by atoms with Gasteiger partial charge in [0.15, 0.2) is 0 Å². The summed E-state index contributed by atoms with van der Waals surface area (Å²) in [6.07, 6.45) is 5.85. The first-order valence-electron chi connectivity index (χ1n) is 9.22. The summed E-state index contributed by atoms with van der Waals surface area (Å²) >= 11 is 0. The van der Waals surface area contributed by atoms with E-state index in [-0.39, 0.29) is 0 Å². The van der Waals surface area contributed by atoms with Crippen molar-refractivity contribution < 1.29 is 9.47 Å². The third kappa shape index (κ3) is 3.76. The first-order chi connectivity index (χ1) is 12.3. The molecule has 4 rings (SSSR count). The zero-order valence-electron chi connectivity index (χ0n) is 14.8. The lowest BCUT2D eigenvalue weighted by Crippen LogP contribution is -2.22. The van der Waals surface area contributed by atoms with Crippen LogP contribution in [0.3, 0.4) is 0 Å². The van der Waals surface area contributed by atoms with Gasteiger partial charge in [-0.2, -0.15) is 0 Å². The van der Waals surface area contributed by atoms with Crippen LogP contribution in [-0.4, -0.2) is 29.2 Å². The van der Waals surface area contributed by atoms with Gasteiger partial charge in [0.2, 0.25) is 0 Å². The van der Waals surface area contributed by atoms with E-state index in [0.717, 1.165) is 54.6 Å². The molecule has 132 valence electrons. The minimum atomic E-state index is 0.381. The maximum Gasteiger partial charge on any atom is 0.133 e. The zero-order valence-corrected chi connectivity index (χ0v) is 14.8. The smallest absolute Gasteiger partial charge is 0.133 e. The molecular weight excluding hydrogens is 314 g/mol. The summed E-state index contributed by atoms with van der Waals surface area (Å²) in [4.78, 5) is 9.28. The zero-order chi connectivity index (χ0) is 17.1. The second-order valence-electron chi connectivity index (χ2n) is 6.82. The number of aryl methyl sites for hydroxylation is 1. The molecule has 25 heavy (non-hydrogen) atoms. The summed E-state index contributed by atoms with van der Waals surface area (Å²) in [5.41, 5.74) is 3.33. The van der Waals surface area contributed by atoms with Crippen molar-refractivity contribution in [2.45, 2.75) is 51.7 Å². The molecule has 2 aliphatic rings. The molecule has 3 heterocycles. The summed E-state index contributed by atoms with van der Waals surface area (Å²) in [5, 5.41) is 3.53. The van der Waals surface area contributed by atoms with Crippen LogP contribution in [0.4, 0.5) is 5.82 Å². The molecular formula is C20H25N3O2. The van der Waals surface area contributed by atoms with Gasteiger partial charge in [-0.1, -0.05) is 18.2 Å². The average molecular weight is 339 g/mol. The van der Waals surface area contributed by atoms with E-state index in [0.29, 0.717) is 12.7 Å². The number of anilines is 1. The van der Waals surface area contributed by atoms with Gasteiger partial charge in [-0.15, -0.1) is 0 Å². The molecule has 1 saturated heterocycles. The van der Waals surface area contributed by atoms with E-state index < -0.39 is 0 Å². The van der Waals surface area contributed by atoms with Crippen molar-refractivity contribution in [2.24, 2.45) is 0 Å². The van der Waals surface area contributed by atoms with Crippen molar-refractivity contribution in [3.8, 4) is 5.75 Å². The molecule has 0 radical (unpaired) electrons. The summed E-state index contributed by atoms with van der Waals surface area (Å²) < 4.78 is 11.8. The molecule has 1 fully saturated rings. The van der Waals surface area contributed by atoms with Crippen LogP contribution < -0.4 is 10.1 Å². The van der Waals surface area contributed by atoms with Crippen molar-refractivity contribution in [2.75, 3.05) is 18.5 Å². The maximum atomic E-state index is 5.95. The van der Waals surface area contributed by atoms with Crippen molar-refractivity contribution >= 4 is 5.82 Å². The average Bonchev–Trinajstić information content (AvgIpc) is 2.82. The highest BCUT2D eigenvalue weighted by atomic mass is 16.5. The van der Waals surface area contributed by atoms with Crippen molar-refractivity contribution in [1.29, 1.82) is 0 Å². The molecule has 1 atom stereocenters. The number of para-hydroxylation sites is 1. The predicted molar refractivity (Wildman–Crippen MR) is 97.0 cm³/mol. The van der Waals surface area contributed by atoms with Gasteiger partial charge < -0.3 is 14.8 Å². The lowest BCUT2D eigenvalue weighted by atomic mass is 10.0. The van der Waals surface area contributed by atoms with Crippen LogP contribution in [0.2, 0.25) is 0 Å². The highest BCUT2D eigenvalue weighted by Gasteiger charge is 2.20. The molecule has 0 spiro atoms. The number of fused-ring (bicyclic) bond motifs is 2. The van der Waals surface area contributed by atoms with Crippen LogP contribution in [-0.2, 0) is 17.8 Å². The molecule has 0 saturated carbocycles. The molecule has 2 aromatic rings. The normalized spacial score (nSPS) is 19.3. The number of nitrogens with one attached hydrogen (secondary N) is 1. The second-order valence-corrected chi connectivity index (χ2v) is 6.82. The standard InChI is InChI=1S/C20H25N3O2/c1-14-22-18-13-25-19-8-3-2-6-15(19)12-17(18)20(23-14)21-10-9-16-7-4-5-11-24-16/h2-3,6,8,16H,4-5,7,9-13H2,1H3,(H,21,22,23)/t16-/m1/s1. The molecule has 5 nitrogen and oxygen atoms in total. The molecule has 1 N–H and O–H groups in total. The third-order valence-corrected chi connectivity index (χ3v) is 4.94. The molecule has 1 aromatic heterocycles. The van der Waals surface area contributed by atoms with Crippen molar-refractivity contribution in [1.82, 2.24) is 9.97 Å². The van der Waals surface area contributed by atoms with E-state index >= 15 is 0 Å². The number of hydrogen-bond donors (Lipinski definition) is 1. The molecule has 5 heteroatoms. The van der Waals surface area contributed by atoms with Crippen molar-refractivity contribution in [3.05, 3.63) is 46.9 Å². The van der Waals surface area contributed by atoms with Crippen LogP contribution in [0, 0.1) is 6.92 Å². The fraction of sp³-hybridized carbons (Fsp3) is 0.500. The Morgan fingerprint density at radius 2 is 2.12 bits per heavy atom. The quantitative estimate of drug-likeness (QED) is 0.922. The van der Waals surface area contributed by atoms with Gasteiger partial charge in [0.25, 0.3) is 0 Å². The van der Waals surface area contributed by atoms with Crippen LogP contribution in [0.5, 0.6) is 5.75 Å². The number of benzene rings is 1. The van der Waals surface area contributed by atoms with Crippen LogP contribution in [0.25, 0.3) is 0 Å². The van der Waals surface area contributed by atoms with Crippen LogP contribution >= 0.6 is 0 Å². The van der Waals surface area contributed by atoms with Crippen LogP contribution in [0.1, 0.15) is 48.3 Å². The Kier molecular flexibility index (Phi) is 4.83. The first-order valence-corrected chi connectivity index (χ1v) is 9.22. The highest BCUT2D eigenvalue weighted by molar-refractivity contribution is 5.52.